The van der Waals surface area contributed by atoms with Crippen molar-refractivity contribution in [3.8, 4) is 0 Å². The first-order chi connectivity index (χ1) is 11.5. The highest BCUT2D eigenvalue weighted by molar-refractivity contribution is 7.24. The average molecular weight is 361 g/mol. The van der Waals surface area contributed by atoms with Gasteiger partial charge in [-0.25, -0.2) is 20.0 Å². The van der Waals surface area contributed by atoms with Crippen molar-refractivity contribution in [1.82, 2.24) is 15.0 Å². The Bertz CT molecular complexity index is 859. The molecule has 2 aromatic heterocycles. The maximum Gasteiger partial charge on any atom is 0.240 e. The smallest absolute Gasteiger partial charge is 0.240 e. The van der Waals surface area contributed by atoms with E-state index in [1.165, 1.54) is 11.3 Å². The van der Waals surface area contributed by atoms with Crippen LogP contribution in [0.5, 0.6) is 0 Å². The topological polar surface area (TPSA) is 75.3 Å². The zero-order valence-electron chi connectivity index (χ0n) is 13.7. The summed E-state index contributed by atoms with van der Waals surface area (Å²) >= 11 is 3.02. The van der Waals surface area contributed by atoms with E-state index in [4.69, 9.17) is 10.7 Å². The number of hydrogen-bond acceptors (Lipinski definition) is 7. The molecule has 0 unspecified atom stereocenters. The molecule has 1 fully saturated rings. The Labute approximate surface area is 147 Å². The van der Waals surface area contributed by atoms with Crippen LogP contribution in [0.15, 0.2) is 12.1 Å². The van der Waals surface area contributed by atoms with Crippen LogP contribution in [0.3, 0.4) is 0 Å². The third-order valence-electron chi connectivity index (χ3n) is 4.43. The third-order valence-corrected chi connectivity index (χ3v) is 6.27. The Kier molecular flexibility index (Phi) is 3.90. The number of thiazole rings is 2. The number of anilines is 2. The van der Waals surface area contributed by atoms with Gasteiger partial charge in [-0.2, -0.15) is 0 Å². The molecule has 4 rings (SSSR count). The van der Waals surface area contributed by atoms with Gasteiger partial charge in [-0.1, -0.05) is 29.6 Å². The number of nitrogens with zero attached hydrogens (tertiary/aromatic N) is 4. The van der Waals surface area contributed by atoms with Crippen LogP contribution in [0.2, 0.25) is 0 Å². The molecule has 3 aromatic rings. The van der Waals surface area contributed by atoms with E-state index >= 15 is 0 Å². The molecular formula is C16H19N5OS2. The van der Waals surface area contributed by atoms with E-state index < -0.39 is 0 Å². The number of rotatable bonds is 2. The van der Waals surface area contributed by atoms with E-state index in [1.54, 1.807) is 23.3 Å². The van der Waals surface area contributed by atoms with Gasteiger partial charge in [0.15, 0.2) is 5.13 Å². The number of aromatic nitrogens is 2. The average Bonchev–Trinajstić information content (AvgIpc) is 3.07. The van der Waals surface area contributed by atoms with Gasteiger partial charge in [0.25, 0.3) is 0 Å². The predicted molar refractivity (Wildman–Crippen MR) is 100 cm³/mol. The van der Waals surface area contributed by atoms with Gasteiger partial charge in [0.1, 0.15) is 0 Å². The van der Waals surface area contributed by atoms with E-state index in [1.807, 2.05) is 6.07 Å². The van der Waals surface area contributed by atoms with Crippen molar-refractivity contribution in [2.24, 2.45) is 5.92 Å². The highest BCUT2D eigenvalue weighted by Gasteiger charge is 2.27. The van der Waals surface area contributed by atoms with E-state index in [0.717, 1.165) is 51.5 Å². The maximum atomic E-state index is 12.3. The SMILES string of the molecule is CC(=O)N(c1nc2cc3nc(N)sc3cc2s1)N1CCC(C)CC1. The first-order valence-electron chi connectivity index (χ1n) is 8.03. The van der Waals surface area contributed by atoms with Gasteiger partial charge in [0.05, 0.1) is 20.4 Å². The summed E-state index contributed by atoms with van der Waals surface area (Å²) in [6, 6.07) is 4.02. The number of benzene rings is 1. The fourth-order valence-electron chi connectivity index (χ4n) is 3.10. The van der Waals surface area contributed by atoms with Crippen LogP contribution in [0.4, 0.5) is 10.3 Å². The summed E-state index contributed by atoms with van der Waals surface area (Å²) in [5.41, 5.74) is 7.51. The van der Waals surface area contributed by atoms with Gasteiger partial charge in [-0.15, -0.1) is 0 Å². The molecule has 1 aromatic carbocycles. The molecule has 0 atom stereocenters. The van der Waals surface area contributed by atoms with Crippen molar-refractivity contribution in [2.75, 3.05) is 23.8 Å². The Balaban J connectivity index is 1.73. The number of carbonyl (C=O) groups is 1. The van der Waals surface area contributed by atoms with Crippen molar-refractivity contribution < 1.29 is 4.79 Å². The van der Waals surface area contributed by atoms with Crippen molar-refractivity contribution >= 4 is 59.3 Å². The molecule has 0 aliphatic carbocycles. The van der Waals surface area contributed by atoms with Crippen molar-refractivity contribution in [1.29, 1.82) is 0 Å². The molecule has 6 nitrogen and oxygen atoms in total. The Hall–Kier alpha value is -1.77. The summed E-state index contributed by atoms with van der Waals surface area (Å²) in [6.45, 7) is 5.65. The molecule has 2 N–H and O–H groups in total. The monoisotopic (exact) mass is 361 g/mol. The molecule has 0 spiro atoms. The molecule has 1 aliphatic heterocycles. The fourth-order valence-corrected chi connectivity index (χ4v) is 4.98. The fraction of sp³-hybridized carbons (Fsp3) is 0.438. The second-order valence-corrected chi connectivity index (χ2v) is 8.37. The normalized spacial score (nSPS) is 16.9. The van der Waals surface area contributed by atoms with Gasteiger partial charge in [-0.05, 0) is 30.9 Å². The van der Waals surface area contributed by atoms with E-state index in [2.05, 4.69) is 23.0 Å². The first kappa shape index (κ1) is 15.7. The van der Waals surface area contributed by atoms with Crippen LogP contribution in [-0.4, -0.2) is 34.0 Å². The number of fused-ring (bicyclic) bond motifs is 2. The van der Waals surface area contributed by atoms with Gasteiger partial charge in [0.2, 0.25) is 11.0 Å². The number of piperidine rings is 1. The van der Waals surface area contributed by atoms with Gasteiger partial charge < -0.3 is 5.73 Å². The minimum atomic E-state index is 0.00721. The van der Waals surface area contributed by atoms with Crippen LogP contribution >= 0.6 is 22.7 Å². The third kappa shape index (κ3) is 2.74. The minimum Gasteiger partial charge on any atom is -0.375 e. The highest BCUT2D eigenvalue weighted by Crippen LogP contribution is 2.35. The lowest BCUT2D eigenvalue weighted by Gasteiger charge is -2.36. The summed E-state index contributed by atoms with van der Waals surface area (Å²) in [7, 11) is 0. The molecule has 1 saturated heterocycles. The Morgan fingerprint density at radius 3 is 2.58 bits per heavy atom. The zero-order valence-corrected chi connectivity index (χ0v) is 15.3. The molecule has 8 heteroatoms. The van der Waals surface area contributed by atoms with Crippen LogP contribution in [-0.2, 0) is 4.79 Å². The molecule has 24 heavy (non-hydrogen) atoms. The number of nitrogens with two attached hydrogens (primary N) is 1. The summed E-state index contributed by atoms with van der Waals surface area (Å²) in [6.07, 6.45) is 2.21. The number of nitrogen functional groups attached to an aromatic ring is 1. The van der Waals surface area contributed by atoms with Gasteiger partial charge >= 0.3 is 0 Å². The van der Waals surface area contributed by atoms with Crippen molar-refractivity contribution in [3.05, 3.63) is 12.1 Å². The maximum absolute atomic E-state index is 12.3. The lowest BCUT2D eigenvalue weighted by molar-refractivity contribution is -0.120. The summed E-state index contributed by atoms with van der Waals surface area (Å²) in [4.78, 5) is 21.3. The molecule has 0 saturated carbocycles. The standard InChI is InChI=1S/C16H19N5OS2/c1-9-3-5-20(6-4-9)21(10(2)22)16-19-12-7-11-13(8-14(12)24-16)23-15(17)18-11/h7-9H,3-6H2,1-2H3,(H2,17,18). The van der Waals surface area contributed by atoms with Crippen LogP contribution in [0.25, 0.3) is 20.4 Å². The Morgan fingerprint density at radius 1 is 1.21 bits per heavy atom. The number of hydrazine groups is 1. The number of hydrogen-bond donors (Lipinski definition) is 1. The first-order valence-corrected chi connectivity index (χ1v) is 9.66. The molecule has 126 valence electrons. The molecular weight excluding hydrogens is 342 g/mol. The molecule has 0 radical (unpaired) electrons. The lowest BCUT2D eigenvalue weighted by Crippen LogP contribution is -2.49. The number of amides is 1. The molecule has 1 amide bonds. The second-order valence-electron chi connectivity index (χ2n) is 6.30. The van der Waals surface area contributed by atoms with Crippen LogP contribution < -0.4 is 10.7 Å². The predicted octanol–water partition coefficient (Wildman–Crippen LogP) is 3.49. The summed E-state index contributed by atoms with van der Waals surface area (Å²) in [5.74, 6) is 0.724. The minimum absolute atomic E-state index is 0.00721. The zero-order chi connectivity index (χ0) is 16.8. The van der Waals surface area contributed by atoms with E-state index in [-0.39, 0.29) is 5.91 Å². The van der Waals surface area contributed by atoms with E-state index in [0.29, 0.717) is 11.0 Å². The van der Waals surface area contributed by atoms with Gasteiger partial charge in [-0.3, -0.25) is 4.79 Å². The van der Waals surface area contributed by atoms with Crippen LogP contribution in [0, 0.1) is 5.92 Å². The molecule has 1 aliphatic rings. The highest BCUT2D eigenvalue weighted by atomic mass is 32.1. The van der Waals surface area contributed by atoms with Crippen molar-refractivity contribution in [2.45, 2.75) is 26.7 Å². The molecule has 3 heterocycles. The van der Waals surface area contributed by atoms with Gasteiger partial charge in [0, 0.05) is 20.0 Å². The quantitative estimate of drug-likeness (QED) is 0.756. The van der Waals surface area contributed by atoms with Crippen LogP contribution in [0.1, 0.15) is 26.7 Å². The largest absolute Gasteiger partial charge is 0.375 e. The lowest BCUT2D eigenvalue weighted by atomic mass is 10.0. The van der Waals surface area contributed by atoms with Crippen molar-refractivity contribution in [3.63, 3.8) is 0 Å². The summed E-state index contributed by atoms with van der Waals surface area (Å²) in [5, 5.41) is 5.17. The van der Waals surface area contributed by atoms with E-state index in [9.17, 15) is 4.79 Å². The molecule has 0 bridgehead atoms. The second kappa shape index (κ2) is 5.94. The summed E-state index contributed by atoms with van der Waals surface area (Å²) < 4.78 is 2.11. The number of carbonyl (C=O) groups excluding carboxylic acids is 1. The Morgan fingerprint density at radius 2 is 1.88 bits per heavy atom.